The molecule has 0 bridgehead atoms. The highest BCUT2D eigenvalue weighted by molar-refractivity contribution is 6.30. The van der Waals surface area contributed by atoms with E-state index >= 15 is 0 Å². The molecule has 10 heteroatoms. The lowest BCUT2D eigenvalue weighted by Gasteiger charge is -2.09. The Hall–Kier alpha value is -3.82. The van der Waals surface area contributed by atoms with Crippen molar-refractivity contribution in [3.63, 3.8) is 0 Å². The zero-order valence-electron chi connectivity index (χ0n) is 15.4. The number of hydrogen-bond acceptors (Lipinski definition) is 7. The first-order valence-corrected chi connectivity index (χ1v) is 8.99. The van der Waals surface area contributed by atoms with Gasteiger partial charge in [-0.25, -0.2) is 14.4 Å². The van der Waals surface area contributed by atoms with E-state index in [-0.39, 0.29) is 41.8 Å². The third kappa shape index (κ3) is 3.40. The van der Waals surface area contributed by atoms with Crippen molar-refractivity contribution < 1.29 is 14.0 Å². The third-order valence-electron chi connectivity index (χ3n) is 4.82. The number of nitrogens with one attached hydrogen (secondary N) is 1. The number of carbonyl (C=O) groups excluding carboxylic acids is 2. The van der Waals surface area contributed by atoms with E-state index in [4.69, 9.17) is 11.5 Å². The predicted octanol–water partition coefficient (Wildman–Crippen LogP) is 1.32. The number of amides is 1. The van der Waals surface area contributed by atoms with Gasteiger partial charge >= 0.3 is 0 Å². The molecule has 0 aliphatic heterocycles. The predicted molar refractivity (Wildman–Crippen MR) is 104 cm³/mol. The molecule has 0 atom stereocenters. The van der Waals surface area contributed by atoms with Gasteiger partial charge in [0.05, 0.1) is 6.54 Å². The standard InChI is InChI=1S/C19H18FN7O2/c20-12-6-2-1-4-10(12)8-27-13-7-3-5-11(13)15(26-27)19-24-17(21)16(18(22)25-19)23-14(29)9-28/h1-2,4,6,9H,3,5,7-8H2,(H,23,29)(H4,21,22,24,25). The van der Waals surface area contributed by atoms with Crippen molar-refractivity contribution in [3.8, 4) is 11.5 Å². The van der Waals surface area contributed by atoms with Crippen LogP contribution >= 0.6 is 0 Å². The van der Waals surface area contributed by atoms with E-state index in [9.17, 15) is 14.0 Å². The molecular formula is C19H18FN7O2. The zero-order valence-corrected chi connectivity index (χ0v) is 15.4. The third-order valence-corrected chi connectivity index (χ3v) is 4.82. The Morgan fingerprint density at radius 3 is 2.62 bits per heavy atom. The van der Waals surface area contributed by atoms with Crippen molar-refractivity contribution in [1.29, 1.82) is 0 Å². The van der Waals surface area contributed by atoms with Crippen molar-refractivity contribution in [1.82, 2.24) is 19.7 Å². The Labute approximate surface area is 164 Å². The van der Waals surface area contributed by atoms with Crippen LogP contribution in [0.1, 0.15) is 23.2 Å². The second-order valence-corrected chi connectivity index (χ2v) is 6.68. The van der Waals surface area contributed by atoms with Crippen molar-refractivity contribution in [3.05, 3.63) is 46.9 Å². The Balaban J connectivity index is 1.74. The Morgan fingerprint density at radius 2 is 1.93 bits per heavy atom. The molecule has 2 aromatic heterocycles. The van der Waals surface area contributed by atoms with E-state index in [2.05, 4.69) is 20.4 Å². The molecule has 1 aliphatic rings. The summed E-state index contributed by atoms with van der Waals surface area (Å²) in [6.07, 6.45) is 2.64. The van der Waals surface area contributed by atoms with E-state index < -0.39 is 5.91 Å². The fourth-order valence-electron chi connectivity index (χ4n) is 3.49. The second kappa shape index (κ2) is 7.30. The highest BCUT2D eigenvalue weighted by atomic mass is 19.1. The van der Waals surface area contributed by atoms with Crippen LogP contribution in [0.2, 0.25) is 0 Å². The number of carbonyl (C=O) groups is 2. The smallest absolute Gasteiger partial charge is 0.288 e. The van der Waals surface area contributed by atoms with E-state index in [1.807, 2.05) is 0 Å². The van der Waals surface area contributed by atoms with Crippen LogP contribution in [0, 0.1) is 5.82 Å². The van der Waals surface area contributed by atoms with Crippen LogP contribution in [0.4, 0.5) is 21.7 Å². The van der Waals surface area contributed by atoms with Crippen LogP contribution in [0.25, 0.3) is 11.5 Å². The molecule has 5 N–H and O–H groups in total. The maximum atomic E-state index is 14.1. The van der Waals surface area contributed by atoms with Gasteiger partial charge in [-0.3, -0.25) is 14.3 Å². The van der Waals surface area contributed by atoms with E-state index in [1.54, 1.807) is 22.9 Å². The van der Waals surface area contributed by atoms with Gasteiger partial charge in [-0.15, -0.1) is 0 Å². The number of fused-ring (bicyclic) bond motifs is 1. The molecule has 2 heterocycles. The van der Waals surface area contributed by atoms with Gasteiger partial charge in [0.2, 0.25) is 6.29 Å². The van der Waals surface area contributed by atoms with Gasteiger partial charge in [0, 0.05) is 16.8 Å². The quantitative estimate of drug-likeness (QED) is 0.437. The summed E-state index contributed by atoms with van der Waals surface area (Å²) >= 11 is 0. The van der Waals surface area contributed by atoms with Crippen LogP contribution < -0.4 is 16.8 Å². The van der Waals surface area contributed by atoms with Crippen molar-refractivity contribution in [2.45, 2.75) is 25.8 Å². The van der Waals surface area contributed by atoms with Crippen LogP contribution in [-0.4, -0.2) is 31.9 Å². The number of rotatable bonds is 5. The number of nitrogens with two attached hydrogens (primary N) is 2. The summed E-state index contributed by atoms with van der Waals surface area (Å²) in [4.78, 5) is 30.3. The molecule has 4 rings (SSSR count). The molecule has 1 aliphatic carbocycles. The molecule has 9 nitrogen and oxygen atoms in total. The van der Waals surface area contributed by atoms with Gasteiger partial charge in [0.25, 0.3) is 5.91 Å². The van der Waals surface area contributed by atoms with Gasteiger partial charge in [0.15, 0.2) is 17.5 Å². The van der Waals surface area contributed by atoms with Crippen LogP contribution in [0.15, 0.2) is 24.3 Å². The largest absolute Gasteiger partial charge is 0.382 e. The maximum Gasteiger partial charge on any atom is 0.288 e. The van der Waals surface area contributed by atoms with Gasteiger partial charge in [-0.2, -0.15) is 5.10 Å². The Morgan fingerprint density at radius 1 is 1.21 bits per heavy atom. The molecule has 0 radical (unpaired) electrons. The summed E-state index contributed by atoms with van der Waals surface area (Å²) in [5, 5.41) is 6.85. The number of aromatic nitrogens is 4. The fourth-order valence-corrected chi connectivity index (χ4v) is 3.49. The molecule has 1 aromatic carbocycles. The second-order valence-electron chi connectivity index (χ2n) is 6.68. The minimum Gasteiger partial charge on any atom is -0.382 e. The number of nitrogens with zero attached hydrogens (tertiary/aromatic N) is 4. The first-order chi connectivity index (χ1) is 14.0. The number of hydrogen-bond donors (Lipinski definition) is 3. The Bertz CT molecular complexity index is 1100. The molecule has 0 fully saturated rings. The lowest BCUT2D eigenvalue weighted by molar-refractivity contribution is -0.127. The number of nitrogen functional groups attached to an aromatic ring is 2. The van der Waals surface area contributed by atoms with Gasteiger partial charge in [-0.1, -0.05) is 18.2 Å². The van der Waals surface area contributed by atoms with Crippen LogP contribution in [-0.2, 0) is 29.0 Å². The summed E-state index contributed by atoms with van der Waals surface area (Å²) in [5.74, 6) is -1.13. The molecule has 0 saturated heterocycles. The highest BCUT2D eigenvalue weighted by Gasteiger charge is 2.26. The molecule has 29 heavy (non-hydrogen) atoms. The van der Waals surface area contributed by atoms with Crippen LogP contribution in [0.3, 0.4) is 0 Å². The number of aldehydes is 1. The normalized spacial score (nSPS) is 12.6. The summed E-state index contributed by atoms with van der Waals surface area (Å²) in [6.45, 7) is 0.285. The lowest BCUT2D eigenvalue weighted by Crippen LogP contribution is -2.17. The molecule has 0 saturated carbocycles. The lowest BCUT2D eigenvalue weighted by atomic mass is 10.2. The monoisotopic (exact) mass is 395 g/mol. The number of halogens is 1. The maximum absolute atomic E-state index is 14.1. The van der Waals surface area contributed by atoms with Crippen molar-refractivity contribution >= 4 is 29.5 Å². The van der Waals surface area contributed by atoms with Crippen LogP contribution in [0.5, 0.6) is 0 Å². The van der Waals surface area contributed by atoms with E-state index in [0.29, 0.717) is 11.3 Å². The topological polar surface area (TPSA) is 142 Å². The van der Waals surface area contributed by atoms with Crippen molar-refractivity contribution in [2.75, 3.05) is 16.8 Å². The van der Waals surface area contributed by atoms with Crippen molar-refractivity contribution in [2.24, 2.45) is 0 Å². The number of benzene rings is 1. The minimum atomic E-state index is -0.908. The van der Waals surface area contributed by atoms with E-state index in [0.717, 1.165) is 30.5 Å². The van der Waals surface area contributed by atoms with Gasteiger partial charge < -0.3 is 16.8 Å². The Kier molecular flexibility index (Phi) is 4.67. The minimum absolute atomic E-state index is 0.0201. The summed E-state index contributed by atoms with van der Waals surface area (Å²) in [7, 11) is 0. The molecule has 0 unspecified atom stereocenters. The number of anilines is 3. The molecular weight excluding hydrogens is 377 g/mol. The molecule has 148 valence electrons. The fraction of sp³-hybridized carbons (Fsp3) is 0.211. The SMILES string of the molecule is Nc1nc(-c2nn(Cc3ccccc3F)c3c2CCC3)nc(N)c1NC(=O)C=O. The van der Waals surface area contributed by atoms with Gasteiger partial charge in [0.1, 0.15) is 17.2 Å². The average molecular weight is 395 g/mol. The highest BCUT2D eigenvalue weighted by Crippen LogP contribution is 2.33. The summed E-state index contributed by atoms with van der Waals surface area (Å²) < 4.78 is 15.8. The average Bonchev–Trinajstić information content (AvgIpc) is 3.30. The zero-order chi connectivity index (χ0) is 20.5. The van der Waals surface area contributed by atoms with E-state index in [1.165, 1.54) is 6.07 Å². The van der Waals surface area contributed by atoms with Gasteiger partial charge in [-0.05, 0) is 25.3 Å². The first kappa shape index (κ1) is 18.5. The molecule has 0 spiro atoms. The molecule has 1 amide bonds. The molecule has 3 aromatic rings. The first-order valence-electron chi connectivity index (χ1n) is 8.99. The summed E-state index contributed by atoms with van der Waals surface area (Å²) in [5.41, 5.74) is 14.8. The summed E-state index contributed by atoms with van der Waals surface area (Å²) in [6, 6.07) is 6.55.